The summed E-state index contributed by atoms with van der Waals surface area (Å²) in [6, 6.07) is 10.3. The second-order valence-electron chi connectivity index (χ2n) is 5.40. The van der Waals surface area contributed by atoms with Gasteiger partial charge in [-0.3, -0.25) is 9.59 Å². The van der Waals surface area contributed by atoms with Crippen LogP contribution in [0.5, 0.6) is 11.5 Å². The molecule has 2 N–H and O–H groups in total. The zero-order valence-corrected chi connectivity index (χ0v) is 15.1. The van der Waals surface area contributed by atoms with Gasteiger partial charge in [0.05, 0.1) is 13.3 Å². The molecule has 0 saturated heterocycles. The number of anilines is 1. The Kier molecular flexibility index (Phi) is 7.54. The quantitative estimate of drug-likeness (QED) is 0.317. The van der Waals surface area contributed by atoms with Crippen LogP contribution in [0.25, 0.3) is 0 Å². The van der Waals surface area contributed by atoms with Crippen molar-refractivity contribution >= 4 is 23.7 Å². The number of benzene rings is 2. The van der Waals surface area contributed by atoms with Crippen LogP contribution in [0.3, 0.4) is 0 Å². The minimum absolute atomic E-state index is 0.0388. The zero-order chi connectivity index (χ0) is 20.4. The van der Waals surface area contributed by atoms with E-state index in [1.165, 1.54) is 37.6 Å². The molecule has 0 aromatic heterocycles. The van der Waals surface area contributed by atoms with Crippen LogP contribution < -0.4 is 20.2 Å². The topological polar surface area (TPSA) is 89.0 Å². The normalized spacial score (nSPS) is 10.2. The summed E-state index contributed by atoms with van der Waals surface area (Å²) in [4.78, 5) is 23.7. The maximum atomic E-state index is 12.8. The maximum Gasteiger partial charge on any atom is 0.249 e. The van der Waals surface area contributed by atoms with E-state index >= 15 is 0 Å². The first-order chi connectivity index (χ1) is 13.5. The number of ether oxygens (including phenoxy) is 2. The van der Waals surface area contributed by atoms with Crippen molar-refractivity contribution in [2.24, 2.45) is 5.10 Å². The fourth-order valence-corrected chi connectivity index (χ4v) is 2.16. The van der Waals surface area contributed by atoms with Crippen LogP contribution in [-0.4, -0.2) is 31.7 Å². The lowest BCUT2D eigenvalue weighted by Gasteiger charge is -2.11. The number of para-hydroxylation sites is 1. The molecule has 2 amide bonds. The van der Waals surface area contributed by atoms with Crippen molar-refractivity contribution in [1.82, 2.24) is 5.43 Å². The van der Waals surface area contributed by atoms with Gasteiger partial charge < -0.3 is 14.8 Å². The molecular weight excluding hydrogens is 365 g/mol. The second kappa shape index (κ2) is 10.3. The lowest BCUT2D eigenvalue weighted by Crippen LogP contribution is -2.24. The van der Waals surface area contributed by atoms with Crippen LogP contribution in [0, 0.1) is 18.2 Å². The summed E-state index contributed by atoms with van der Waals surface area (Å²) in [5.74, 6) is 1.60. The molecule has 2 aromatic rings. The zero-order valence-electron chi connectivity index (χ0n) is 15.1. The lowest BCUT2D eigenvalue weighted by atomic mass is 10.2. The highest BCUT2D eigenvalue weighted by molar-refractivity contribution is 6.03. The molecule has 0 saturated carbocycles. The fourth-order valence-electron chi connectivity index (χ4n) is 2.16. The first kappa shape index (κ1) is 20.5. The monoisotopic (exact) mass is 383 g/mol. The Labute approximate surface area is 161 Å². The summed E-state index contributed by atoms with van der Waals surface area (Å²) in [7, 11) is 1.49. The number of rotatable bonds is 8. The maximum absolute atomic E-state index is 12.8. The van der Waals surface area contributed by atoms with Crippen molar-refractivity contribution in [2.75, 3.05) is 19.0 Å². The van der Waals surface area contributed by atoms with Crippen molar-refractivity contribution in [3.8, 4) is 23.8 Å². The van der Waals surface area contributed by atoms with Gasteiger partial charge in [-0.15, -0.1) is 6.42 Å². The second-order valence-corrected chi connectivity index (χ2v) is 5.40. The standard InChI is InChI=1S/C20H18FN3O4/c1-3-11-28-20-14(5-4-6-17(20)27-2)13-22-24-19(26)12-18(25)23-16-9-7-15(21)8-10-16/h1,4-10,13H,11-12H2,2H3,(H,23,25)(H,24,26). The van der Waals surface area contributed by atoms with Gasteiger partial charge in [0.25, 0.3) is 0 Å². The number of hydrogen-bond donors (Lipinski definition) is 2. The number of carbonyl (C=O) groups excluding carboxylic acids is 2. The number of nitrogens with one attached hydrogen (secondary N) is 2. The Hall–Kier alpha value is -3.86. The highest BCUT2D eigenvalue weighted by Gasteiger charge is 2.11. The van der Waals surface area contributed by atoms with Crippen LogP contribution in [0.2, 0.25) is 0 Å². The highest BCUT2D eigenvalue weighted by atomic mass is 19.1. The molecule has 2 rings (SSSR count). The summed E-state index contributed by atoms with van der Waals surface area (Å²) < 4.78 is 23.5. The van der Waals surface area contributed by atoms with Crippen molar-refractivity contribution < 1.29 is 23.5 Å². The SMILES string of the molecule is C#CCOc1c(C=NNC(=O)CC(=O)Nc2ccc(F)cc2)cccc1OC. The summed E-state index contributed by atoms with van der Waals surface area (Å²) in [5.41, 5.74) is 3.17. The van der Waals surface area contributed by atoms with E-state index in [9.17, 15) is 14.0 Å². The van der Waals surface area contributed by atoms with E-state index in [0.29, 0.717) is 22.7 Å². The molecular formula is C20H18FN3O4. The molecule has 0 atom stereocenters. The summed E-state index contributed by atoms with van der Waals surface area (Å²) in [5, 5.41) is 6.30. The third kappa shape index (κ3) is 6.14. The van der Waals surface area contributed by atoms with E-state index in [1.807, 2.05) is 0 Å². The van der Waals surface area contributed by atoms with E-state index < -0.39 is 24.1 Å². The third-order valence-corrected chi connectivity index (χ3v) is 3.37. The van der Waals surface area contributed by atoms with Crippen LogP contribution in [0.4, 0.5) is 10.1 Å². The van der Waals surface area contributed by atoms with Crippen molar-refractivity contribution in [3.05, 3.63) is 53.8 Å². The number of carbonyl (C=O) groups is 2. The lowest BCUT2D eigenvalue weighted by molar-refractivity contribution is -0.126. The molecule has 8 heteroatoms. The van der Waals surface area contributed by atoms with Gasteiger partial charge in [-0.05, 0) is 36.4 Å². The highest BCUT2D eigenvalue weighted by Crippen LogP contribution is 2.29. The summed E-state index contributed by atoms with van der Waals surface area (Å²) in [6.07, 6.45) is 6.10. The molecule has 0 fully saturated rings. The minimum atomic E-state index is -0.621. The predicted octanol–water partition coefficient (Wildman–Crippen LogP) is 2.33. The molecule has 0 unspecified atom stereocenters. The third-order valence-electron chi connectivity index (χ3n) is 3.37. The molecule has 7 nitrogen and oxygen atoms in total. The fraction of sp³-hybridized carbons (Fsp3) is 0.150. The number of methoxy groups -OCH3 is 1. The Morgan fingerprint density at radius 1 is 1.21 bits per heavy atom. The first-order valence-corrected chi connectivity index (χ1v) is 8.14. The van der Waals surface area contributed by atoms with Crippen LogP contribution in [0.15, 0.2) is 47.6 Å². The predicted molar refractivity (Wildman–Crippen MR) is 103 cm³/mol. The molecule has 144 valence electrons. The van der Waals surface area contributed by atoms with Gasteiger partial charge in [0.1, 0.15) is 18.8 Å². The average Bonchev–Trinajstić information content (AvgIpc) is 2.68. The van der Waals surface area contributed by atoms with Gasteiger partial charge in [-0.1, -0.05) is 12.0 Å². The summed E-state index contributed by atoms with van der Waals surface area (Å²) >= 11 is 0. The number of halogens is 1. The largest absolute Gasteiger partial charge is 0.493 e. The van der Waals surface area contributed by atoms with Crippen LogP contribution in [-0.2, 0) is 9.59 Å². The van der Waals surface area contributed by atoms with E-state index in [-0.39, 0.29) is 6.61 Å². The molecule has 0 spiro atoms. The number of hydrazone groups is 1. The van der Waals surface area contributed by atoms with E-state index in [4.69, 9.17) is 15.9 Å². The van der Waals surface area contributed by atoms with Crippen LogP contribution >= 0.6 is 0 Å². The van der Waals surface area contributed by atoms with E-state index in [1.54, 1.807) is 18.2 Å². The Morgan fingerprint density at radius 3 is 2.64 bits per heavy atom. The molecule has 0 radical (unpaired) electrons. The van der Waals surface area contributed by atoms with Gasteiger partial charge >= 0.3 is 0 Å². The van der Waals surface area contributed by atoms with Crippen molar-refractivity contribution in [1.29, 1.82) is 0 Å². The van der Waals surface area contributed by atoms with Crippen molar-refractivity contribution in [3.63, 3.8) is 0 Å². The molecule has 0 bridgehead atoms. The molecule has 28 heavy (non-hydrogen) atoms. The van der Waals surface area contributed by atoms with Crippen molar-refractivity contribution in [2.45, 2.75) is 6.42 Å². The summed E-state index contributed by atoms with van der Waals surface area (Å²) in [6.45, 7) is 0.0388. The van der Waals surface area contributed by atoms with Gasteiger partial charge in [-0.2, -0.15) is 5.10 Å². The molecule has 0 aliphatic carbocycles. The number of amides is 2. The number of hydrogen-bond acceptors (Lipinski definition) is 5. The Morgan fingerprint density at radius 2 is 1.96 bits per heavy atom. The Balaban J connectivity index is 1.93. The Bertz CT molecular complexity index is 905. The molecule has 2 aromatic carbocycles. The van der Waals surface area contributed by atoms with E-state index in [2.05, 4.69) is 21.8 Å². The molecule has 0 heterocycles. The van der Waals surface area contributed by atoms with Crippen LogP contribution in [0.1, 0.15) is 12.0 Å². The molecule has 0 aliphatic rings. The van der Waals surface area contributed by atoms with Gasteiger partial charge in [-0.25, -0.2) is 9.82 Å². The smallest absolute Gasteiger partial charge is 0.249 e. The number of terminal acetylenes is 1. The minimum Gasteiger partial charge on any atom is -0.493 e. The van der Waals surface area contributed by atoms with Gasteiger partial charge in [0, 0.05) is 11.3 Å². The van der Waals surface area contributed by atoms with Gasteiger partial charge in [0.15, 0.2) is 11.5 Å². The average molecular weight is 383 g/mol. The number of nitrogens with zero attached hydrogens (tertiary/aromatic N) is 1. The van der Waals surface area contributed by atoms with E-state index in [0.717, 1.165) is 0 Å². The molecule has 0 aliphatic heterocycles. The first-order valence-electron chi connectivity index (χ1n) is 8.14. The van der Waals surface area contributed by atoms with Gasteiger partial charge in [0.2, 0.25) is 11.8 Å².